The van der Waals surface area contributed by atoms with E-state index in [-0.39, 0.29) is 11.6 Å². The van der Waals surface area contributed by atoms with E-state index in [9.17, 15) is 8.78 Å². The predicted octanol–water partition coefficient (Wildman–Crippen LogP) is 3.74. The van der Waals surface area contributed by atoms with Crippen molar-refractivity contribution in [2.75, 3.05) is 43.1 Å². The molecule has 3 aromatic rings. The van der Waals surface area contributed by atoms with Crippen molar-refractivity contribution < 1.29 is 13.5 Å². The van der Waals surface area contributed by atoms with Gasteiger partial charge in [-0.15, -0.1) is 10.2 Å². The summed E-state index contributed by atoms with van der Waals surface area (Å²) in [6.45, 7) is 3.17. The van der Waals surface area contributed by atoms with Crippen LogP contribution in [0, 0.1) is 11.6 Å². The summed E-state index contributed by atoms with van der Waals surface area (Å²) >= 11 is 1.56. The minimum atomic E-state index is -0.304. The van der Waals surface area contributed by atoms with Crippen LogP contribution in [0.1, 0.15) is 10.6 Å². The van der Waals surface area contributed by atoms with E-state index in [1.54, 1.807) is 36.6 Å². The minimum Gasteiger partial charge on any atom is -0.494 e. The van der Waals surface area contributed by atoms with Crippen molar-refractivity contribution in [1.29, 1.82) is 0 Å². The first-order valence-electron chi connectivity index (χ1n) is 9.02. The minimum absolute atomic E-state index is 0.239. The summed E-state index contributed by atoms with van der Waals surface area (Å²) in [6.07, 6.45) is 0.644. The molecule has 0 radical (unpaired) electrons. The van der Waals surface area contributed by atoms with E-state index in [1.807, 2.05) is 0 Å². The van der Waals surface area contributed by atoms with E-state index in [0.29, 0.717) is 12.2 Å². The highest BCUT2D eigenvalue weighted by molar-refractivity contribution is 7.15. The number of anilines is 2. The highest BCUT2D eigenvalue weighted by Gasteiger charge is 2.22. The van der Waals surface area contributed by atoms with E-state index in [2.05, 4.69) is 20.0 Å². The van der Waals surface area contributed by atoms with Crippen molar-refractivity contribution in [3.63, 3.8) is 0 Å². The fourth-order valence-corrected chi connectivity index (χ4v) is 4.20. The van der Waals surface area contributed by atoms with Crippen LogP contribution >= 0.6 is 11.3 Å². The van der Waals surface area contributed by atoms with Crippen molar-refractivity contribution in [2.24, 2.45) is 0 Å². The van der Waals surface area contributed by atoms with E-state index in [0.717, 1.165) is 47.6 Å². The fraction of sp³-hybridized carbons (Fsp3) is 0.300. The van der Waals surface area contributed by atoms with Crippen molar-refractivity contribution in [2.45, 2.75) is 6.42 Å². The molecule has 0 bridgehead atoms. The third-order valence-corrected chi connectivity index (χ3v) is 5.74. The van der Waals surface area contributed by atoms with Gasteiger partial charge in [0.1, 0.15) is 22.4 Å². The molecule has 0 saturated carbocycles. The summed E-state index contributed by atoms with van der Waals surface area (Å²) in [7, 11) is 1.55. The molecule has 0 unspecified atom stereocenters. The number of piperazine rings is 1. The Morgan fingerprint density at radius 1 is 0.929 bits per heavy atom. The summed E-state index contributed by atoms with van der Waals surface area (Å²) in [5, 5.41) is 10.4. The SMILES string of the molecule is COc1cc(F)ccc1N1CCN(c2nnc(Cc3ccc(F)cc3)s2)CC1. The molecule has 1 aromatic heterocycles. The lowest BCUT2D eigenvalue weighted by atomic mass is 10.2. The summed E-state index contributed by atoms with van der Waals surface area (Å²) in [5.41, 5.74) is 1.91. The second kappa shape index (κ2) is 8.10. The number of hydrogen-bond acceptors (Lipinski definition) is 6. The molecule has 2 aromatic carbocycles. The molecule has 1 aliphatic heterocycles. The van der Waals surface area contributed by atoms with Gasteiger partial charge in [-0.05, 0) is 29.8 Å². The molecule has 0 atom stereocenters. The van der Waals surface area contributed by atoms with Gasteiger partial charge in [0, 0.05) is 38.7 Å². The second-order valence-corrected chi connectivity index (χ2v) is 7.61. The smallest absolute Gasteiger partial charge is 0.208 e. The predicted molar refractivity (Wildman–Crippen MR) is 106 cm³/mol. The van der Waals surface area contributed by atoms with Gasteiger partial charge in [-0.3, -0.25) is 0 Å². The van der Waals surface area contributed by atoms with Crippen LogP contribution in [0.2, 0.25) is 0 Å². The highest BCUT2D eigenvalue weighted by Crippen LogP contribution is 2.31. The van der Waals surface area contributed by atoms with Gasteiger partial charge in [-0.2, -0.15) is 0 Å². The Kier molecular flexibility index (Phi) is 5.38. The first-order chi connectivity index (χ1) is 13.6. The number of aromatic nitrogens is 2. The van der Waals surface area contributed by atoms with Crippen LogP contribution in [0.5, 0.6) is 5.75 Å². The topological polar surface area (TPSA) is 41.5 Å². The fourth-order valence-electron chi connectivity index (χ4n) is 3.27. The van der Waals surface area contributed by atoms with Crippen LogP contribution in [-0.4, -0.2) is 43.5 Å². The standard InChI is InChI=1S/C20H20F2N4OS/c1-27-18-13-16(22)6-7-17(18)25-8-10-26(11-9-25)20-24-23-19(28-20)12-14-2-4-15(21)5-3-14/h2-7,13H,8-12H2,1H3. The molecule has 28 heavy (non-hydrogen) atoms. The molecule has 0 N–H and O–H groups in total. The summed E-state index contributed by atoms with van der Waals surface area (Å²) in [4.78, 5) is 4.40. The molecule has 8 heteroatoms. The zero-order valence-corrected chi connectivity index (χ0v) is 16.3. The van der Waals surface area contributed by atoms with E-state index in [4.69, 9.17) is 4.74 Å². The maximum Gasteiger partial charge on any atom is 0.208 e. The van der Waals surface area contributed by atoms with Crippen LogP contribution in [0.3, 0.4) is 0 Å². The molecule has 2 heterocycles. The van der Waals surface area contributed by atoms with Crippen molar-refractivity contribution >= 4 is 22.2 Å². The van der Waals surface area contributed by atoms with Gasteiger partial charge in [-0.25, -0.2) is 8.78 Å². The Balaban J connectivity index is 1.39. The van der Waals surface area contributed by atoms with Crippen LogP contribution in [0.15, 0.2) is 42.5 Å². The van der Waals surface area contributed by atoms with Crippen LogP contribution in [-0.2, 0) is 6.42 Å². The average Bonchev–Trinajstić information content (AvgIpc) is 3.18. The number of hydrogen-bond donors (Lipinski definition) is 0. The Hall–Kier alpha value is -2.74. The maximum absolute atomic E-state index is 13.4. The number of rotatable bonds is 5. The van der Waals surface area contributed by atoms with E-state index >= 15 is 0 Å². The molecule has 0 amide bonds. The third kappa shape index (κ3) is 4.06. The van der Waals surface area contributed by atoms with E-state index < -0.39 is 0 Å². The quantitative estimate of drug-likeness (QED) is 0.650. The molecular weight excluding hydrogens is 382 g/mol. The first-order valence-corrected chi connectivity index (χ1v) is 9.84. The largest absolute Gasteiger partial charge is 0.494 e. The number of ether oxygens (including phenoxy) is 1. The first kappa shape index (κ1) is 18.6. The van der Waals surface area contributed by atoms with Gasteiger partial charge < -0.3 is 14.5 Å². The molecule has 0 spiro atoms. The molecule has 146 valence electrons. The molecule has 1 saturated heterocycles. The third-order valence-electron chi connectivity index (χ3n) is 4.76. The van der Waals surface area contributed by atoms with Crippen LogP contribution in [0.25, 0.3) is 0 Å². The molecule has 4 rings (SSSR count). The van der Waals surface area contributed by atoms with E-state index in [1.165, 1.54) is 24.3 Å². The summed E-state index contributed by atoms with van der Waals surface area (Å²) < 4.78 is 31.8. The summed E-state index contributed by atoms with van der Waals surface area (Å²) in [5.74, 6) is 0.00471. The molecule has 1 aliphatic rings. The van der Waals surface area contributed by atoms with Gasteiger partial charge in [0.25, 0.3) is 0 Å². The highest BCUT2D eigenvalue weighted by atomic mass is 32.1. The molecule has 5 nitrogen and oxygen atoms in total. The number of halogens is 2. The van der Waals surface area contributed by atoms with Gasteiger partial charge in [0.15, 0.2) is 0 Å². The monoisotopic (exact) mass is 402 g/mol. The van der Waals surface area contributed by atoms with Gasteiger partial charge in [0.05, 0.1) is 12.8 Å². The lowest BCUT2D eigenvalue weighted by molar-refractivity contribution is 0.410. The van der Waals surface area contributed by atoms with Crippen molar-refractivity contribution in [3.8, 4) is 5.75 Å². The number of methoxy groups -OCH3 is 1. The lowest BCUT2D eigenvalue weighted by Gasteiger charge is -2.36. The Morgan fingerprint density at radius 3 is 2.32 bits per heavy atom. The Morgan fingerprint density at radius 2 is 1.61 bits per heavy atom. The van der Waals surface area contributed by atoms with Crippen LogP contribution in [0.4, 0.5) is 19.6 Å². The van der Waals surface area contributed by atoms with Crippen molar-refractivity contribution in [3.05, 3.63) is 64.7 Å². The number of benzene rings is 2. The normalized spacial score (nSPS) is 14.4. The Labute approximate surface area is 166 Å². The van der Waals surface area contributed by atoms with Gasteiger partial charge in [0.2, 0.25) is 5.13 Å². The van der Waals surface area contributed by atoms with Gasteiger partial charge in [-0.1, -0.05) is 23.5 Å². The van der Waals surface area contributed by atoms with Gasteiger partial charge >= 0.3 is 0 Å². The summed E-state index contributed by atoms with van der Waals surface area (Å²) in [6, 6.07) is 11.1. The Bertz CT molecular complexity index is 940. The second-order valence-electron chi connectivity index (χ2n) is 6.57. The molecule has 1 fully saturated rings. The zero-order valence-electron chi connectivity index (χ0n) is 15.4. The lowest BCUT2D eigenvalue weighted by Crippen LogP contribution is -2.46. The number of nitrogens with zero attached hydrogens (tertiary/aromatic N) is 4. The average molecular weight is 402 g/mol. The van der Waals surface area contributed by atoms with Crippen molar-refractivity contribution in [1.82, 2.24) is 10.2 Å². The maximum atomic E-state index is 13.4. The van der Waals surface area contributed by atoms with Crippen LogP contribution < -0.4 is 14.5 Å². The molecule has 0 aliphatic carbocycles. The molecular formula is C20H20F2N4OS. The zero-order chi connectivity index (χ0) is 19.5.